The van der Waals surface area contributed by atoms with Gasteiger partial charge in [0.15, 0.2) is 6.04 Å². The molecule has 1 aliphatic rings. The molecule has 170 valence electrons. The first-order chi connectivity index (χ1) is 14.2. The number of rotatable bonds is 5. The van der Waals surface area contributed by atoms with E-state index < -0.39 is 46.8 Å². The normalized spacial score (nSPS) is 15.9. The van der Waals surface area contributed by atoms with Gasteiger partial charge in [0.1, 0.15) is 6.61 Å². The highest BCUT2D eigenvalue weighted by Gasteiger charge is 2.38. The molecule has 31 heavy (non-hydrogen) atoms. The SMILES string of the molecule is CC(C)(C)C(=O)N[C@@H](C(N)=O)C(=O)Nc1ccc(N2CCOCC2=O)c(C(F)(F)F)c1. The summed E-state index contributed by atoms with van der Waals surface area (Å²) in [5.41, 5.74) is 2.39. The van der Waals surface area contributed by atoms with Crippen molar-refractivity contribution in [1.82, 2.24) is 5.32 Å². The van der Waals surface area contributed by atoms with Crippen molar-refractivity contribution < 1.29 is 37.1 Å². The number of hydrogen-bond donors (Lipinski definition) is 3. The number of alkyl halides is 3. The van der Waals surface area contributed by atoms with Gasteiger partial charge in [-0.2, -0.15) is 13.2 Å². The maximum Gasteiger partial charge on any atom is 0.418 e. The third-order valence-electron chi connectivity index (χ3n) is 4.35. The van der Waals surface area contributed by atoms with E-state index >= 15 is 0 Å². The lowest BCUT2D eigenvalue weighted by Gasteiger charge is -2.29. The van der Waals surface area contributed by atoms with Crippen molar-refractivity contribution in [1.29, 1.82) is 0 Å². The topological polar surface area (TPSA) is 131 Å². The Bertz CT molecular complexity index is 896. The molecule has 1 fully saturated rings. The van der Waals surface area contributed by atoms with Crippen molar-refractivity contribution >= 4 is 35.0 Å². The molecule has 1 saturated heterocycles. The van der Waals surface area contributed by atoms with E-state index in [0.29, 0.717) is 6.07 Å². The Balaban J connectivity index is 2.31. The fourth-order valence-corrected chi connectivity index (χ4v) is 2.68. The van der Waals surface area contributed by atoms with Gasteiger partial charge >= 0.3 is 6.18 Å². The van der Waals surface area contributed by atoms with Crippen LogP contribution in [-0.2, 0) is 30.1 Å². The van der Waals surface area contributed by atoms with Crippen LogP contribution in [0.25, 0.3) is 0 Å². The molecule has 1 atom stereocenters. The van der Waals surface area contributed by atoms with Gasteiger partial charge in [-0.1, -0.05) is 20.8 Å². The maximum absolute atomic E-state index is 13.6. The Labute approximate surface area is 176 Å². The van der Waals surface area contributed by atoms with Crippen molar-refractivity contribution in [3.05, 3.63) is 23.8 Å². The molecule has 1 aliphatic heterocycles. The van der Waals surface area contributed by atoms with Crippen molar-refractivity contribution in [3.63, 3.8) is 0 Å². The minimum Gasteiger partial charge on any atom is -0.370 e. The lowest BCUT2D eigenvalue weighted by Crippen LogP contribution is -2.54. The van der Waals surface area contributed by atoms with Crippen molar-refractivity contribution in [2.45, 2.75) is 33.0 Å². The molecule has 0 saturated carbocycles. The van der Waals surface area contributed by atoms with Crippen LogP contribution in [0, 0.1) is 5.41 Å². The first-order valence-electron chi connectivity index (χ1n) is 9.22. The summed E-state index contributed by atoms with van der Waals surface area (Å²) in [6.07, 6.45) is -4.84. The van der Waals surface area contributed by atoms with E-state index in [9.17, 15) is 32.3 Å². The molecule has 1 heterocycles. The molecule has 1 aromatic rings. The lowest BCUT2D eigenvalue weighted by molar-refractivity contribution is -0.137. The van der Waals surface area contributed by atoms with Crippen LogP contribution in [0.4, 0.5) is 24.5 Å². The highest BCUT2D eigenvalue weighted by Crippen LogP contribution is 2.38. The number of halogens is 3. The maximum atomic E-state index is 13.6. The summed E-state index contributed by atoms with van der Waals surface area (Å²) >= 11 is 0. The summed E-state index contributed by atoms with van der Waals surface area (Å²) < 4.78 is 45.8. The van der Waals surface area contributed by atoms with Crippen molar-refractivity contribution in [3.8, 4) is 0 Å². The number of amides is 4. The summed E-state index contributed by atoms with van der Waals surface area (Å²) in [7, 11) is 0. The highest BCUT2D eigenvalue weighted by atomic mass is 19.4. The van der Waals surface area contributed by atoms with Gasteiger partial charge in [-0.3, -0.25) is 19.2 Å². The summed E-state index contributed by atoms with van der Waals surface area (Å²) in [5.74, 6) is -3.56. The van der Waals surface area contributed by atoms with Gasteiger partial charge in [-0.05, 0) is 18.2 Å². The van der Waals surface area contributed by atoms with E-state index in [0.717, 1.165) is 17.0 Å². The number of nitrogens with zero attached hydrogens (tertiary/aromatic N) is 1. The van der Waals surface area contributed by atoms with Crippen LogP contribution < -0.4 is 21.3 Å². The van der Waals surface area contributed by atoms with Crippen LogP contribution in [0.15, 0.2) is 18.2 Å². The third-order valence-corrected chi connectivity index (χ3v) is 4.35. The molecule has 0 aliphatic carbocycles. The minimum atomic E-state index is -4.84. The second-order valence-electron chi connectivity index (χ2n) is 7.88. The number of morpholine rings is 1. The lowest BCUT2D eigenvalue weighted by atomic mass is 9.95. The Kier molecular flexibility index (Phi) is 6.94. The first-order valence-corrected chi connectivity index (χ1v) is 9.22. The standard InChI is InChI=1S/C19H23F3N4O5/c1-18(2,3)17(30)25-14(15(23)28)16(29)24-10-4-5-12(11(8-10)19(20,21)22)26-6-7-31-9-13(26)27/h4-5,8,14H,6-7,9H2,1-3H3,(H2,23,28)(H,24,29)(H,25,30)/t14-/m0/s1. The molecule has 12 heteroatoms. The third kappa shape index (κ3) is 5.94. The average molecular weight is 444 g/mol. The number of ether oxygens (including phenoxy) is 1. The number of carbonyl (C=O) groups is 4. The number of primary amides is 1. The Morgan fingerprint density at radius 1 is 1.19 bits per heavy atom. The second-order valence-corrected chi connectivity index (χ2v) is 7.88. The number of hydrogen-bond acceptors (Lipinski definition) is 5. The van der Waals surface area contributed by atoms with E-state index in [1.54, 1.807) is 20.8 Å². The molecule has 9 nitrogen and oxygen atoms in total. The molecule has 4 amide bonds. The second kappa shape index (κ2) is 8.92. The zero-order valence-electron chi connectivity index (χ0n) is 17.1. The fraction of sp³-hybridized carbons (Fsp3) is 0.474. The van der Waals surface area contributed by atoms with E-state index in [1.807, 2.05) is 0 Å². The molecule has 1 aromatic carbocycles. The van der Waals surface area contributed by atoms with Gasteiger partial charge < -0.3 is 26.0 Å². The van der Waals surface area contributed by atoms with Gasteiger partial charge in [0, 0.05) is 17.6 Å². The Morgan fingerprint density at radius 3 is 2.35 bits per heavy atom. The summed E-state index contributed by atoms with van der Waals surface area (Å²) in [4.78, 5) is 49.0. The van der Waals surface area contributed by atoms with E-state index in [-0.39, 0.29) is 31.1 Å². The van der Waals surface area contributed by atoms with Gasteiger partial charge in [0.2, 0.25) is 11.8 Å². The predicted molar refractivity (Wildman–Crippen MR) is 104 cm³/mol. The van der Waals surface area contributed by atoms with Gasteiger partial charge in [-0.25, -0.2) is 0 Å². The summed E-state index contributed by atoms with van der Waals surface area (Å²) in [5, 5.41) is 4.33. The molecule has 4 N–H and O–H groups in total. The summed E-state index contributed by atoms with van der Waals surface area (Å²) in [6, 6.07) is 1.03. The van der Waals surface area contributed by atoms with Gasteiger partial charge in [0.25, 0.3) is 11.8 Å². The van der Waals surface area contributed by atoms with Crippen molar-refractivity contribution in [2.75, 3.05) is 30.0 Å². The zero-order chi connectivity index (χ0) is 23.6. The van der Waals surface area contributed by atoms with Crippen LogP contribution in [0.3, 0.4) is 0 Å². The zero-order valence-corrected chi connectivity index (χ0v) is 17.1. The monoisotopic (exact) mass is 444 g/mol. The predicted octanol–water partition coefficient (Wildman–Crippen LogP) is 1.02. The number of nitrogens with two attached hydrogens (primary N) is 1. The first kappa shape index (κ1) is 24.1. The molecule has 2 rings (SSSR count). The molecule has 0 radical (unpaired) electrons. The van der Waals surface area contributed by atoms with Gasteiger partial charge in [-0.15, -0.1) is 0 Å². The highest BCUT2D eigenvalue weighted by molar-refractivity contribution is 6.11. The van der Waals surface area contributed by atoms with Crippen LogP contribution in [0.1, 0.15) is 26.3 Å². The molecule has 0 aromatic heterocycles. The molecule has 0 unspecified atom stereocenters. The van der Waals surface area contributed by atoms with E-state index in [2.05, 4.69) is 10.6 Å². The van der Waals surface area contributed by atoms with E-state index in [1.165, 1.54) is 0 Å². The van der Waals surface area contributed by atoms with Crippen molar-refractivity contribution in [2.24, 2.45) is 11.1 Å². The van der Waals surface area contributed by atoms with Crippen LogP contribution >= 0.6 is 0 Å². The average Bonchev–Trinajstić information content (AvgIpc) is 2.64. The van der Waals surface area contributed by atoms with Gasteiger partial charge in [0.05, 0.1) is 17.9 Å². The largest absolute Gasteiger partial charge is 0.418 e. The fourth-order valence-electron chi connectivity index (χ4n) is 2.68. The molecular formula is C19H23F3N4O5. The molecule has 0 spiro atoms. The van der Waals surface area contributed by atoms with E-state index in [4.69, 9.17) is 10.5 Å². The smallest absolute Gasteiger partial charge is 0.370 e. The van der Waals surface area contributed by atoms with Crippen LogP contribution in [-0.4, -0.2) is 49.4 Å². The number of anilines is 2. The number of benzene rings is 1. The van der Waals surface area contributed by atoms with Crippen LogP contribution in [0.5, 0.6) is 0 Å². The molecular weight excluding hydrogens is 421 g/mol. The van der Waals surface area contributed by atoms with Crippen LogP contribution in [0.2, 0.25) is 0 Å². The summed E-state index contributed by atoms with van der Waals surface area (Å²) in [6.45, 7) is 4.30. The number of nitrogens with one attached hydrogen (secondary N) is 2. The minimum absolute atomic E-state index is 0.0593. The molecule has 0 bridgehead atoms. The number of carbonyl (C=O) groups excluding carboxylic acids is 4. The quantitative estimate of drug-likeness (QED) is 0.584. The Morgan fingerprint density at radius 2 is 1.84 bits per heavy atom. The Hall–Kier alpha value is -3.15.